The Bertz CT molecular complexity index is 147. The lowest BCUT2D eigenvalue weighted by Crippen LogP contribution is -2.10. The molecule has 1 saturated carbocycles. The van der Waals surface area contributed by atoms with Gasteiger partial charge in [-0.2, -0.15) is 0 Å². The fraction of sp³-hybridized carbons (Fsp3) is 0.923. The molecule has 14 heavy (non-hydrogen) atoms. The van der Waals surface area contributed by atoms with Gasteiger partial charge in [0.15, 0.2) is 0 Å². The van der Waals surface area contributed by atoms with Gasteiger partial charge in [0.25, 0.3) is 0 Å². The van der Waals surface area contributed by atoms with E-state index in [0.29, 0.717) is 0 Å². The fourth-order valence-electron chi connectivity index (χ4n) is 1.91. The van der Waals surface area contributed by atoms with Gasteiger partial charge in [0.05, 0.1) is 0 Å². The van der Waals surface area contributed by atoms with Crippen LogP contribution < -0.4 is 0 Å². The lowest BCUT2D eigenvalue weighted by molar-refractivity contribution is 0.292. The Balaban J connectivity index is 1.77. The van der Waals surface area contributed by atoms with E-state index in [2.05, 4.69) is 18.1 Å². The lowest BCUT2D eigenvalue weighted by Gasteiger charge is -2.24. The quantitative estimate of drug-likeness (QED) is 0.406. The molecule has 0 saturated heterocycles. The Morgan fingerprint density at radius 1 is 1.21 bits per heavy atom. The second-order valence-electron chi connectivity index (χ2n) is 4.52. The molecule has 1 fully saturated rings. The summed E-state index contributed by atoms with van der Waals surface area (Å²) in [5.74, 6) is 1.07. The van der Waals surface area contributed by atoms with Gasteiger partial charge in [0, 0.05) is 6.54 Å². The minimum atomic E-state index is 1.05. The highest BCUT2D eigenvalue weighted by molar-refractivity contribution is 5.56. The molecule has 0 N–H and O–H groups in total. The molecule has 0 aromatic rings. The highest BCUT2D eigenvalue weighted by Gasteiger charge is 2.15. The van der Waals surface area contributed by atoms with E-state index in [9.17, 15) is 0 Å². The number of nitrogens with zero attached hydrogens (tertiary/aromatic N) is 1. The van der Waals surface area contributed by atoms with Crippen LogP contribution in [0.25, 0.3) is 0 Å². The maximum absolute atomic E-state index is 4.42. The molecule has 0 bridgehead atoms. The SMILES string of the molecule is CCCCCN=CCCCC1CCC1. The number of hydrogen-bond acceptors (Lipinski definition) is 1. The topological polar surface area (TPSA) is 12.4 Å². The summed E-state index contributed by atoms with van der Waals surface area (Å²) in [7, 11) is 0. The van der Waals surface area contributed by atoms with Gasteiger partial charge in [-0.3, -0.25) is 4.99 Å². The average molecular weight is 195 g/mol. The van der Waals surface area contributed by atoms with Gasteiger partial charge in [-0.1, -0.05) is 45.4 Å². The zero-order valence-corrected chi connectivity index (χ0v) is 9.67. The molecule has 0 aromatic carbocycles. The molecule has 0 unspecified atom stereocenters. The molecule has 1 rings (SSSR count). The summed E-state index contributed by atoms with van der Waals surface area (Å²) in [4.78, 5) is 4.42. The monoisotopic (exact) mass is 195 g/mol. The summed E-state index contributed by atoms with van der Waals surface area (Å²) in [6.07, 6.45) is 14.5. The molecule has 0 spiro atoms. The summed E-state index contributed by atoms with van der Waals surface area (Å²) >= 11 is 0. The number of aliphatic imine (C=N–C) groups is 1. The largest absolute Gasteiger partial charge is 0.298 e. The zero-order valence-electron chi connectivity index (χ0n) is 9.67. The predicted molar refractivity (Wildman–Crippen MR) is 64.1 cm³/mol. The van der Waals surface area contributed by atoms with E-state index >= 15 is 0 Å². The minimum absolute atomic E-state index is 1.05. The highest BCUT2D eigenvalue weighted by atomic mass is 14.7. The second kappa shape index (κ2) is 8.02. The third-order valence-electron chi connectivity index (χ3n) is 3.19. The van der Waals surface area contributed by atoms with Crippen LogP contribution in [0.15, 0.2) is 4.99 Å². The van der Waals surface area contributed by atoms with Crippen molar-refractivity contribution in [2.45, 2.75) is 64.7 Å². The molecular formula is C13H25N. The van der Waals surface area contributed by atoms with Gasteiger partial charge in [-0.15, -0.1) is 0 Å². The van der Waals surface area contributed by atoms with E-state index in [-0.39, 0.29) is 0 Å². The average Bonchev–Trinajstić information content (AvgIpc) is 2.13. The van der Waals surface area contributed by atoms with Crippen molar-refractivity contribution < 1.29 is 0 Å². The highest BCUT2D eigenvalue weighted by Crippen LogP contribution is 2.30. The predicted octanol–water partition coefficient (Wildman–Crippen LogP) is 4.22. The van der Waals surface area contributed by atoms with Crippen LogP contribution in [0.4, 0.5) is 0 Å². The first-order valence-corrected chi connectivity index (χ1v) is 6.41. The molecule has 0 aromatic heterocycles. The van der Waals surface area contributed by atoms with E-state index in [0.717, 1.165) is 12.5 Å². The van der Waals surface area contributed by atoms with Crippen molar-refractivity contribution in [3.63, 3.8) is 0 Å². The van der Waals surface area contributed by atoms with Crippen LogP contribution in [0.2, 0.25) is 0 Å². The Hall–Kier alpha value is -0.330. The van der Waals surface area contributed by atoms with E-state index in [1.807, 2.05) is 0 Å². The normalized spacial score (nSPS) is 17.5. The molecule has 0 heterocycles. The maximum atomic E-state index is 4.42. The summed E-state index contributed by atoms with van der Waals surface area (Å²) in [6.45, 7) is 3.29. The fourth-order valence-corrected chi connectivity index (χ4v) is 1.91. The maximum Gasteiger partial charge on any atom is 0.0385 e. The summed E-state index contributed by atoms with van der Waals surface area (Å²) in [6, 6.07) is 0. The standard InChI is InChI=1S/C13H25N/c1-2-3-5-11-14-12-6-4-8-13-9-7-10-13/h12-13H,2-11H2,1H3. The Kier molecular flexibility index (Phi) is 6.73. The van der Waals surface area contributed by atoms with Crippen molar-refractivity contribution in [3.8, 4) is 0 Å². The Morgan fingerprint density at radius 3 is 2.71 bits per heavy atom. The van der Waals surface area contributed by atoms with Gasteiger partial charge in [0.1, 0.15) is 0 Å². The van der Waals surface area contributed by atoms with E-state index in [1.165, 1.54) is 57.8 Å². The molecule has 1 aliphatic carbocycles. The molecule has 1 nitrogen and oxygen atoms in total. The molecule has 0 amide bonds. The van der Waals surface area contributed by atoms with Gasteiger partial charge >= 0.3 is 0 Å². The van der Waals surface area contributed by atoms with Crippen LogP contribution in [0.5, 0.6) is 0 Å². The van der Waals surface area contributed by atoms with Crippen LogP contribution in [0.1, 0.15) is 64.7 Å². The second-order valence-corrected chi connectivity index (χ2v) is 4.52. The first-order chi connectivity index (χ1) is 6.93. The number of unbranched alkanes of at least 4 members (excludes halogenated alkanes) is 3. The first-order valence-electron chi connectivity index (χ1n) is 6.41. The van der Waals surface area contributed by atoms with Gasteiger partial charge < -0.3 is 0 Å². The number of rotatable bonds is 8. The Labute approximate surface area is 89.0 Å². The first kappa shape index (κ1) is 11.7. The molecule has 0 radical (unpaired) electrons. The smallest absolute Gasteiger partial charge is 0.0385 e. The van der Waals surface area contributed by atoms with Crippen molar-refractivity contribution in [3.05, 3.63) is 0 Å². The molecule has 1 aliphatic rings. The summed E-state index contributed by atoms with van der Waals surface area (Å²) in [5, 5.41) is 0. The van der Waals surface area contributed by atoms with Gasteiger partial charge in [0.2, 0.25) is 0 Å². The van der Waals surface area contributed by atoms with Crippen LogP contribution in [0, 0.1) is 5.92 Å². The Morgan fingerprint density at radius 2 is 2.07 bits per heavy atom. The zero-order chi connectivity index (χ0) is 10.1. The summed E-state index contributed by atoms with van der Waals surface area (Å²) < 4.78 is 0. The van der Waals surface area contributed by atoms with Crippen molar-refractivity contribution in [2.24, 2.45) is 10.9 Å². The van der Waals surface area contributed by atoms with Crippen molar-refractivity contribution >= 4 is 6.21 Å². The molecule has 82 valence electrons. The third kappa shape index (κ3) is 5.41. The van der Waals surface area contributed by atoms with Crippen LogP contribution >= 0.6 is 0 Å². The van der Waals surface area contributed by atoms with Crippen LogP contribution in [-0.2, 0) is 0 Å². The van der Waals surface area contributed by atoms with Gasteiger partial charge in [-0.05, 0) is 31.4 Å². The number of hydrogen-bond donors (Lipinski definition) is 0. The van der Waals surface area contributed by atoms with Crippen LogP contribution in [0.3, 0.4) is 0 Å². The molecule has 0 atom stereocenters. The molecule has 0 aliphatic heterocycles. The van der Waals surface area contributed by atoms with Crippen molar-refractivity contribution in [1.29, 1.82) is 0 Å². The molecular weight excluding hydrogens is 170 g/mol. The van der Waals surface area contributed by atoms with Crippen molar-refractivity contribution in [1.82, 2.24) is 0 Å². The third-order valence-corrected chi connectivity index (χ3v) is 3.19. The summed E-state index contributed by atoms with van der Waals surface area (Å²) in [5.41, 5.74) is 0. The minimum Gasteiger partial charge on any atom is -0.298 e. The molecule has 1 heteroatoms. The lowest BCUT2D eigenvalue weighted by atomic mass is 9.82. The van der Waals surface area contributed by atoms with Gasteiger partial charge in [-0.25, -0.2) is 0 Å². The van der Waals surface area contributed by atoms with Crippen LogP contribution in [-0.4, -0.2) is 12.8 Å². The van der Waals surface area contributed by atoms with E-state index in [4.69, 9.17) is 0 Å². The van der Waals surface area contributed by atoms with E-state index < -0.39 is 0 Å². The van der Waals surface area contributed by atoms with E-state index in [1.54, 1.807) is 0 Å². The van der Waals surface area contributed by atoms with Crippen molar-refractivity contribution in [2.75, 3.05) is 6.54 Å².